The molecule has 2 heterocycles. The normalized spacial score (nSPS) is 16.6. The van der Waals surface area contributed by atoms with Crippen LogP contribution in [-0.2, 0) is 12.1 Å². The standard InChI is InChI=1S/C20H28N4O2S/c1-3-21-19(24-14-20(2,25)17-5-4-10-27-17)23-12-16-8-9-22-18(11-16)26-13-15-6-7-15/h4-5,8-11,15,25H,3,6-7,12-14H2,1-2H3,(H2,21,23,24). The number of pyridine rings is 1. The summed E-state index contributed by atoms with van der Waals surface area (Å²) in [5.41, 5.74) is 0.100. The van der Waals surface area contributed by atoms with E-state index >= 15 is 0 Å². The van der Waals surface area contributed by atoms with Crippen LogP contribution in [0, 0.1) is 5.92 Å². The Morgan fingerprint density at radius 1 is 1.41 bits per heavy atom. The Kier molecular flexibility index (Phi) is 6.68. The van der Waals surface area contributed by atoms with Crippen LogP contribution < -0.4 is 15.4 Å². The van der Waals surface area contributed by atoms with Gasteiger partial charge in [0.2, 0.25) is 5.88 Å². The van der Waals surface area contributed by atoms with E-state index in [-0.39, 0.29) is 0 Å². The first kappa shape index (κ1) is 19.6. The Hall–Kier alpha value is -2.12. The molecule has 2 aromatic heterocycles. The highest BCUT2D eigenvalue weighted by molar-refractivity contribution is 7.10. The van der Waals surface area contributed by atoms with Crippen molar-refractivity contribution >= 4 is 17.3 Å². The van der Waals surface area contributed by atoms with Gasteiger partial charge < -0.3 is 20.5 Å². The van der Waals surface area contributed by atoms with E-state index in [2.05, 4.69) is 20.6 Å². The Bertz CT molecular complexity index is 742. The highest BCUT2D eigenvalue weighted by atomic mass is 32.1. The molecule has 6 nitrogen and oxygen atoms in total. The highest BCUT2D eigenvalue weighted by Crippen LogP contribution is 2.29. The number of nitrogens with zero attached hydrogens (tertiary/aromatic N) is 2. The molecule has 1 aliphatic carbocycles. The third-order valence-electron chi connectivity index (χ3n) is 4.38. The summed E-state index contributed by atoms with van der Waals surface area (Å²) in [6.45, 7) is 6.22. The number of hydrogen-bond acceptors (Lipinski definition) is 5. The van der Waals surface area contributed by atoms with E-state index < -0.39 is 5.60 Å². The van der Waals surface area contributed by atoms with Crippen molar-refractivity contribution in [3.8, 4) is 5.88 Å². The van der Waals surface area contributed by atoms with Crippen molar-refractivity contribution in [1.29, 1.82) is 0 Å². The molecular formula is C20H28N4O2S. The van der Waals surface area contributed by atoms with E-state index in [0.29, 0.717) is 30.8 Å². The molecule has 1 fully saturated rings. The lowest BCUT2D eigenvalue weighted by molar-refractivity contribution is 0.0655. The van der Waals surface area contributed by atoms with Gasteiger partial charge in [0.05, 0.1) is 19.7 Å². The van der Waals surface area contributed by atoms with Gasteiger partial charge in [-0.05, 0) is 55.7 Å². The van der Waals surface area contributed by atoms with Crippen LogP contribution in [0.2, 0.25) is 0 Å². The van der Waals surface area contributed by atoms with Gasteiger partial charge in [0.1, 0.15) is 5.60 Å². The minimum Gasteiger partial charge on any atom is -0.477 e. The van der Waals surface area contributed by atoms with Crippen LogP contribution in [0.4, 0.5) is 0 Å². The molecule has 7 heteroatoms. The second-order valence-electron chi connectivity index (χ2n) is 7.06. The zero-order chi connectivity index (χ0) is 19.1. The molecule has 27 heavy (non-hydrogen) atoms. The molecule has 1 aliphatic rings. The molecule has 1 unspecified atom stereocenters. The van der Waals surface area contributed by atoms with Gasteiger partial charge in [-0.3, -0.25) is 0 Å². The van der Waals surface area contributed by atoms with Crippen LogP contribution in [0.15, 0.2) is 40.8 Å². The number of rotatable bonds is 9. The summed E-state index contributed by atoms with van der Waals surface area (Å²) in [5, 5.41) is 19.1. The Balaban J connectivity index is 1.57. The van der Waals surface area contributed by atoms with Crippen molar-refractivity contribution < 1.29 is 9.84 Å². The van der Waals surface area contributed by atoms with Gasteiger partial charge in [0.25, 0.3) is 0 Å². The first-order valence-corrected chi connectivity index (χ1v) is 10.3. The van der Waals surface area contributed by atoms with Gasteiger partial charge in [-0.15, -0.1) is 11.3 Å². The molecule has 2 aromatic rings. The molecule has 0 radical (unpaired) electrons. The number of nitrogens with one attached hydrogen (secondary N) is 2. The lowest BCUT2D eigenvalue weighted by Crippen LogP contribution is -2.44. The van der Waals surface area contributed by atoms with E-state index in [0.717, 1.165) is 23.6 Å². The summed E-state index contributed by atoms with van der Waals surface area (Å²) in [4.78, 5) is 9.81. The lowest BCUT2D eigenvalue weighted by atomic mass is 10.1. The van der Waals surface area contributed by atoms with E-state index in [9.17, 15) is 5.11 Å². The highest BCUT2D eigenvalue weighted by Gasteiger charge is 2.24. The molecular weight excluding hydrogens is 360 g/mol. The van der Waals surface area contributed by atoms with Crippen molar-refractivity contribution in [2.45, 2.75) is 38.8 Å². The molecule has 0 saturated heterocycles. The average molecular weight is 389 g/mol. The van der Waals surface area contributed by atoms with Crippen LogP contribution in [0.25, 0.3) is 0 Å². The molecule has 1 atom stereocenters. The van der Waals surface area contributed by atoms with Gasteiger partial charge >= 0.3 is 0 Å². The minimum absolute atomic E-state index is 0.380. The number of guanidine groups is 1. The largest absolute Gasteiger partial charge is 0.477 e. The molecule has 3 rings (SSSR count). The maximum absolute atomic E-state index is 10.7. The Labute approximate surface area is 164 Å². The number of hydrogen-bond donors (Lipinski definition) is 3. The second-order valence-corrected chi connectivity index (χ2v) is 8.00. The van der Waals surface area contributed by atoms with Crippen molar-refractivity contribution in [3.05, 3.63) is 46.3 Å². The smallest absolute Gasteiger partial charge is 0.213 e. The Morgan fingerprint density at radius 2 is 2.26 bits per heavy atom. The Morgan fingerprint density at radius 3 is 2.96 bits per heavy atom. The van der Waals surface area contributed by atoms with E-state index in [1.54, 1.807) is 17.5 Å². The molecule has 0 spiro atoms. The number of thiophene rings is 1. The topological polar surface area (TPSA) is 78.8 Å². The number of aliphatic hydroxyl groups is 1. The molecule has 146 valence electrons. The molecule has 0 aliphatic heterocycles. The third-order valence-corrected chi connectivity index (χ3v) is 5.50. The zero-order valence-electron chi connectivity index (χ0n) is 15.9. The van der Waals surface area contributed by atoms with Crippen molar-refractivity contribution in [1.82, 2.24) is 15.6 Å². The van der Waals surface area contributed by atoms with Crippen LogP contribution >= 0.6 is 11.3 Å². The predicted molar refractivity (Wildman–Crippen MR) is 109 cm³/mol. The first-order chi connectivity index (χ1) is 13.1. The number of aromatic nitrogens is 1. The molecule has 0 aromatic carbocycles. The van der Waals surface area contributed by atoms with E-state index in [1.807, 2.05) is 43.5 Å². The van der Waals surface area contributed by atoms with Crippen molar-refractivity contribution in [2.24, 2.45) is 10.9 Å². The van der Waals surface area contributed by atoms with Gasteiger partial charge in [0, 0.05) is 23.7 Å². The minimum atomic E-state index is -0.940. The van der Waals surface area contributed by atoms with Crippen LogP contribution in [0.1, 0.15) is 37.1 Å². The summed E-state index contributed by atoms with van der Waals surface area (Å²) < 4.78 is 5.74. The number of aliphatic imine (C=N–C) groups is 1. The molecule has 0 amide bonds. The van der Waals surface area contributed by atoms with Crippen molar-refractivity contribution in [2.75, 3.05) is 19.7 Å². The summed E-state index contributed by atoms with van der Waals surface area (Å²) in [7, 11) is 0. The van der Waals surface area contributed by atoms with Gasteiger partial charge in [-0.1, -0.05) is 6.07 Å². The monoisotopic (exact) mass is 388 g/mol. The van der Waals surface area contributed by atoms with Crippen LogP contribution in [-0.4, -0.2) is 35.7 Å². The number of ether oxygens (including phenoxy) is 1. The average Bonchev–Trinajstić information content (AvgIpc) is 3.32. The van der Waals surface area contributed by atoms with Gasteiger partial charge in [0.15, 0.2) is 5.96 Å². The molecule has 3 N–H and O–H groups in total. The van der Waals surface area contributed by atoms with Crippen LogP contribution in [0.3, 0.4) is 0 Å². The van der Waals surface area contributed by atoms with Crippen LogP contribution in [0.5, 0.6) is 5.88 Å². The third kappa shape index (κ3) is 6.22. The maximum Gasteiger partial charge on any atom is 0.213 e. The fraction of sp³-hybridized carbons (Fsp3) is 0.500. The molecule has 0 bridgehead atoms. The summed E-state index contributed by atoms with van der Waals surface area (Å²) in [6.07, 6.45) is 4.28. The summed E-state index contributed by atoms with van der Waals surface area (Å²) in [5.74, 6) is 2.04. The zero-order valence-corrected chi connectivity index (χ0v) is 16.8. The fourth-order valence-electron chi connectivity index (χ4n) is 2.56. The lowest BCUT2D eigenvalue weighted by Gasteiger charge is -2.23. The second kappa shape index (κ2) is 9.19. The summed E-state index contributed by atoms with van der Waals surface area (Å²) in [6, 6.07) is 7.77. The van der Waals surface area contributed by atoms with Gasteiger partial charge in [-0.25, -0.2) is 9.98 Å². The molecule has 1 saturated carbocycles. The fourth-order valence-corrected chi connectivity index (χ4v) is 3.34. The maximum atomic E-state index is 10.7. The summed E-state index contributed by atoms with van der Waals surface area (Å²) >= 11 is 1.55. The first-order valence-electron chi connectivity index (χ1n) is 9.43. The van der Waals surface area contributed by atoms with Crippen molar-refractivity contribution in [3.63, 3.8) is 0 Å². The SMILES string of the molecule is CCNC(=NCc1ccnc(OCC2CC2)c1)NCC(C)(O)c1cccs1. The van der Waals surface area contributed by atoms with E-state index in [4.69, 9.17) is 4.74 Å². The van der Waals surface area contributed by atoms with E-state index in [1.165, 1.54) is 12.8 Å². The van der Waals surface area contributed by atoms with Gasteiger partial charge in [-0.2, -0.15) is 0 Å². The predicted octanol–water partition coefficient (Wildman–Crippen LogP) is 2.89. The quantitative estimate of drug-likeness (QED) is 0.455.